The molecule has 1 heterocycles. The Balaban J connectivity index is 1.70. The van der Waals surface area contributed by atoms with E-state index in [2.05, 4.69) is 0 Å². The molecule has 0 aromatic heterocycles. The molecule has 212 valence electrons. The van der Waals surface area contributed by atoms with E-state index in [1.807, 2.05) is 0 Å². The van der Waals surface area contributed by atoms with Gasteiger partial charge in [0, 0.05) is 51.8 Å². The molecule has 1 unspecified atom stereocenters. The third-order valence-corrected chi connectivity index (χ3v) is 5.73. The summed E-state index contributed by atoms with van der Waals surface area (Å²) in [6.45, 7) is 5.00. The van der Waals surface area contributed by atoms with Gasteiger partial charge in [-0.2, -0.15) is 0 Å². The second kappa shape index (κ2) is 12.3. The van der Waals surface area contributed by atoms with Crippen LogP contribution in [0.1, 0.15) is 55.3 Å². The maximum absolute atomic E-state index is 13.2. The van der Waals surface area contributed by atoms with Crippen LogP contribution in [0.2, 0.25) is 0 Å². The first kappa shape index (κ1) is 28.8. The average Bonchev–Trinajstić information content (AvgIpc) is 2.88. The van der Waals surface area contributed by atoms with Gasteiger partial charge < -0.3 is 28.4 Å². The van der Waals surface area contributed by atoms with Crippen molar-refractivity contribution in [2.24, 2.45) is 0 Å². The predicted octanol–water partition coefficient (Wildman–Crippen LogP) is 4.29. The number of ether oxygens (including phenoxy) is 6. The SMILES string of the molecule is CC(=O)Oc1ccc(C(=O)OC2Cc3c(OC(C)=O)cc(OC(C)=O)cc3O[C@@H]2c2ccc(OC(C)=O)cc2)cc1. The van der Waals surface area contributed by atoms with E-state index in [1.54, 1.807) is 24.3 Å². The van der Waals surface area contributed by atoms with Crippen molar-refractivity contribution >= 4 is 29.8 Å². The minimum absolute atomic E-state index is 0.0753. The summed E-state index contributed by atoms with van der Waals surface area (Å²) in [7, 11) is 0. The molecule has 0 spiro atoms. The monoisotopic (exact) mass is 562 g/mol. The molecule has 4 rings (SSSR count). The highest BCUT2D eigenvalue weighted by molar-refractivity contribution is 5.90. The van der Waals surface area contributed by atoms with E-state index < -0.39 is 42.1 Å². The normalized spacial score (nSPS) is 15.4. The molecule has 0 radical (unpaired) electrons. The minimum atomic E-state index is -0.906. The fourth-order valence-corrected chi connectivity index (χ4v) is 4.20. The van der Waals surface area contributed by atoms with E-state index in [1.165, 1.54) is 64.1 Å². The Morgan fingerprint density at radius 1 is 0.659 bits per heavy atom. The van der Waals surface area contributed by atoms with Gasteiger partial charge in [0.25, 0.3) is 0 Å². The number of hydrogen-bond donors (Lipinski definition) is 0. The van der Waals surface area contributed by atoms with Crippen molar-refractivity contribution in [2.45, 2.75) is 46.3 Å². The molecule has 1 aliphatic heterocycles. The van der Waals surface area contributed by atoms with Crippen molar-refractivity contribution in [2.75, 3.05) is 0 Å². The first-order valence-electron chi connectivity index (χ1n) is 12.5. The summed E-state index contributed by atoms with van der Waals surface area (Å²) < 4.78 is 32.9. The third kappa shape index (κ3) is 7.47. The maximum atomic E-state index is 13.2. The Morgan fingerprint density at radius 3 is 1.71 bits per heavy atom. The lowest BCUT2D eigenvalue weighted by Gasteiger charge is -2.34. The summed E-state index contributed by atoms with van der Waals surface area (Å²) in [6.07, 6.45) is -1.68. The van der Waals surface area contributed by atoms with Gasteiger partial charge in [0.2, 0.25) is 0 Å². The molecule has 0 amide bonds. The molecule has 0 bridgehead atoms. The van der Waals surface area contributed by atoms with Crippen LogP contribution >= 0.6 is 0 Å². The van der Waals surface area contributed by atoms with Gasteiger partial charge in [-0.15, -0.1) is 0 Å². The molecule has 0 saturated carbocycles. The van der Waals surface area contributed by atoms with Crippen LogP contribution in [-0.4, -0.2) is 36.0 Å². The van der Waals surface area contributed by atoms with E-state index in [9.17, 15) is 24.0 Å². The van der Waals surface area contributed by atoms with E-state index >= 15 is 0 Å². The first-order valence-corrected chi connectivity index (χ1v) is 12.5. The molecular formula is C30H26O11. The highest BCUT2D eigenvalue weighted by Gasteiger charge is 2.37. The zero-order chi connectivity index (χ0) is 29.7. The number of esters is 5. The van der Waals surface area contributed by atoms with E-state index in [4.69, 9.17) is 28.4 Å². The van der Waals surface area contributed by atoms with Crippen molar-refractivity contribution in [3.05, 3.63) is 77.4 Å². The van der Waals surface area contributed by atoms with Gasteiger partial charge in [-0.3, -0.25) is 19.2 Å². The fraction of sp³-hybridized carbons (Fsp3) is 0.233. The van der Waals surface area contributed by atoms with Crippen molar-refractivity contribution < 1.29 is 52.4 Å². The Morgan fingerprint density at radius 2 is 1.17 bits per heavy atom. The van der Waals surface area contributed by atoms with Gasteiger partial charge in [-0.1, -0.05) is 12.1 Å². The van der Waals surface area contributed by atoms with Crippen LogP contribution in [-0.2, 0) is 30.3 Å². The summed E-state index contributed by atoms with van der Waals surface area (Å²) in [6, 6.07) is 15.2. The second-order valence-corrected chi connectivity index (χ2v) is 9.05. The van der Waals surface area contributed by atoms with Gasteiger partial charge >= 0.3 is 29.8 Å². The number of benzene rings is 3. The molecule has 0 saturated heterocycles. The summed E-state index contributed by atoms with van der Waals surface area (Å²) in [4.78, 5) is 59.1. The fourth-order valence-electron chi connectivity index (χ4n) is 4.20. The highest BCUT2D eigenvalue weighted by Crippen LogP contribution is 2.44. The van der Waals surface area contributed by atoms with Crippen molar-refractivity contribution in [3.63, 3.8) is 0 Å². The topological polar surface area (TPSA) is 141 Å². The molecule has 0 N–H and O–H groups in total. The van der Waals surface area contributed by atoms with Gasteiger partial charge in [-0.25, -0.2) is 4.79 Å². The lowest BCUT2D eigenvalue weighted by molar-refractivity contribution is -0.133. The largest absolute Gasteiger partial charge is 0.481 e. The smallest absolute Gasteiger partial charge is 0.338 e. The Kier molecular flexibility index (Phi) is 8.66. The van der Waals surface area contributed by atoms with Crippen molar-refractivity contribution in [1.29, 1.82) is 0 Å². The lowest BCUT2D eigenvalue weighted by Crippen LogP contribution is -2.35. The van der Waals surface area contributed by atoms with E-state index in [0.29, 0.717) is 16.9 Å². The number of carbonyl (C=O) groups is 5. The molecule has 11 heteroatoms. The summed E-state index contributed by atoms with van der Waals surface area (Å²) in [5.41, 5.74) is 1.20. The van der Waals surface area contributed by atoms with Crippen LogP contribution in [0, 0.1) is 0 Å². The molecular weight excluding hydrogens is 536 g/mol. The molecule has 2 atom stereocenters. The standard InChI is InChI=1S/C30H26O11/c1-16(31)36-22-9-5-20(6-10-22)29-28(41-30(35)21-7-11-23(12-8-21)37-17(2)32)15-25-26(39-19(4)34)13-24(38-18(3)33)14-27(25)40-29/h5-14,28-29H,15H2,1-4H3/t28?,29-/m1/s1. The molecule has 11 nitrogen and oxygen atoms in total. The minimum Gasteiger partial charge on any atom is -0.481 e. The van der Waals surface area contributed by atoms with Crippen molar-refractivity contribution in [3.8, 4) is 28.7 Å². The predicted molar refractivity (Wildman–Crippen MR) is 141 cm³/mol. The quantitative estimate of drug-likeness (QED) is 0.301. The summed E-state index contributed by atoms with van der Waals surface area (Å²) in [5.74, 6) is -1.84. The Bertz CT molecular complexity index is 1490. The average molecular weight is 563 g/mol. The van der Waals surface area contributed by atoms with Crippen LogP contribution in [0.5, 0.6) is 28.7 Å². The zero-order valence-electron chi connectivity index (χ0n) is 22.6. The number of hydrogen-bond acceptors (Lipinski definition) is 11. The van der Waals surface area contributed by atoms with Gasteiger partial charge in [-0.05, 0) is 42.0 Å². The molecule has 41 heavy (non-hydrogen) atoms. The van der Waals surface area contributed by atoms with Gasteiger partial charge in [0.05, 0.1) is 5.56 Å². The number of fused-ring (bicyclic) bond motifs is 1. The van der Waals surface area contributed by atoms with E-state index in [-0.39, 0.29) is 35.0 Å². The molecule has 1 aliphatic rings. The third-order valence-electron chi connectivity index (χ3n) is 5.73. The first-order chi connectivity index (χ1) is 19.5. The van der Waals surface area contributed by atoms with Crippen LogP contribution in [0.25, 0.3) is 0 Å². The molecule has 0 fully saturated rings. The Labute approximate surface area is 234 Å². The van der Waals surface area contributed by atoms with E-state index in [0.717, 1.165) is 0 Å². The molecule has 0 aliphatic carbocycles. The Hall–Kier alpha value is -5.19. The van der Waals surface area contributed by atoms with Crippen LogP contribution < -0.4 is 23.7 Å². The number of rotatable bonds is 7. The maximum Gasteiger partial charge on any atom is 0.338 e. The van der Waals surface area contributed by atoms with Crippen molar-refractivity contribution in [1.82, 2.24) is 0 Å². The lowest BCUT2D eigenvalue weighted by atomic mass is 9.93. The second-order valence-electron chi connectivity index (χ2n) is 9.05. The molecule has 3 aromatic rings. The highest BCUT2D eigenvalue weighted by atomic mass is 16.6. The van der Waals surface area contributed by atoms with Crippen LogP contribution in [0.15, 0.2) is 60.7 Å². The number of carbonyl (C=O) groups excluding carboxylic acids is 5. The summed E-state index contributed by atoms with van der Waals surface area (Å²) in [5, 5.41) is 0. The zero-order valence-corrected chi connectivity index (χ0v) is 22.6. The van der Waals surface area contributed by atoms with Crippen LogP contribution in [0.4, 0.5) is 0 Å². The molecule has 3 aromatic carbocycles. The summed E-state index contributed by atoms with van der Waals surface area (Å²) >= 11 is 0. The van der Waals surface area contributed by atoms with Gasteiger partial charge in [0.15, 0.2) is 6.10 Å². The van der Waals surface area contributed by atoms with Crippen LogP contribution in [0.3, 0.4) is 0 Å². The van der Waals surface area contributed by atoms with Gasteiger partial charge in [0.1, 0.15) is 34.9 Å².